The summed E-state index contributed by atoms with van der Waals surface area (Å²) in [4.78, 5) is 0. The lowest BCUT2D eigenvalue weighted by molar-refractivity contribution is 0.436. The summed E-state index contributed by atoms with van der Waals surface area (Å²) in [6.45, 7) is 0. The molecule has 0 atom stereocenters. The molecule has 28 heavy (non-hydrogen) atoms. The van der Waals surface area contributed by atoms with Gasteiger partial charge in [0.15, 0.2) is 0 Å². The van der Waals surface area contributed by atoms with Crippen LogP contribution in [0.5, 0.6) is 11.5 Å². The Balaban J connectivity index is 1.84. The largest absolute Gasteiger partial charge is 0.457 e. The number of ether oxygens (including phenoxy) is 1. The van der Waals surface area contributed by atoms with E-state index < -0.39 is 5.41 Å². The van der Waals surface area contributed by atoms with Crippen LogP contribution in [0, 0.1) is 0 Å². The number of para-hydroxylation sites is 2. The molecule has 0 bridgehead atoms. The molecule has 1 heterocycles. The second-order valence-electron chi connectivity index (χ2n) is 7.43. The molecule has 0 radical (unpaired) electrons. The maximum Gasteiger partial charge on any atom is 0.304 e. The zero-order chi connectivity index (χ0) is 18.7. The molecule has 1 spiro atoms. The molecule has 4 aromatic carbocycles. The van der Waals surface area contributed by atoms with Crippen molar-refractivity contribution < 1.29 is 9.76 Å². The highest BCUT2D eigenvalue weighted by Crippen LogP contribution is 2.61. The predicted molar refractivity (Wildman–Crippen MR) is 113 cm³/mol. The minimum atomic E-state index is -0.442. The van der Waals surface area contributed by atoms with Crippen molar-refractivity contribution in [3.8, 4) is 22.6 Å². The average molecular weight is 360 g/mol. The van der Waals surface area contributed by atoms with Crippen molar-refractivity contribution in [1.82, 2.24) is 0 Å². The molecule has 1 N–H and O–H groups in total. The second-order valence-corrected chi connectivity index (χ2v) is 7.43. The molecule has 0 unspecified atom stereocenters. The summed E-state index contributed by atoms with van der Waals surface area (Å²) in [5.41, 5.74) is 7.72. The van der Waals surface area contributed by atoms with E-state index in [1.807, 2.05) is 30.3 Å². The van der Waals surface area contributed by atoms with Gasteiger partial charge in [-0.25, -0.2) is 0 Å². The second kappa shape index (κ2) is 5.60. The van der Waals surface area contributed by atoms with E-state index in [4.69, 9.17) is 4.74 Å². The highest BCUT2D eigenvalue weighted by molar-refractivity contribution is 6.45. The molecular weight excluding hydrogens is 343 g/mol. The number of benzene rings is 4. The van der Waals surface area contributed by atoms with Crippen LogP contribution in [0.15, 0.2) is 91.0 Å². The van der Waals surface area contributed by atoms with Crippen LogP contribution in [0.25, 0.3) is 11.1 Å². The Morgan fingerprint density at radius 3 is 1.86 bits per heavy atom. The van der Waals surface area contributed by atoms with Crippen LogP contribution in [-0.4, -0.2) is 12.5 Å². The minimum Gasteiger partial charge on any atom is -0.457 e. The Morgan fingerprint density at radius 1 is 0.607 bits per heavy atom. The molecule has 2 nitrogen and oxygen atoms in total. The van der Waals surface area contributed by atoms with Gasteiger partial charge >= 0.3 is 7.48 Å². The van der Waals surface area contributed by atoms with E-state index in [1.54, 1.807) is 0 Å². The van der Waals surface area contributed by atoms with E-state index in [-0.39, 0.29) is 7.48 Å². The van der Waals surface area contributed by atoms with Crippen molar-refractivity contribution in [2.45, 2.75) is 5.41 Å². The minimum absolute atomic E-state index is 0.0273. The standard InChI is InChI=1S/C25H17BO2/c27-26-16-13-14-18-17-7-1-2-8-19(17)25(22(18)15-16)20-9-3-5-11-23(20)28-24-12-6-4-10-21(24)25/h1-15,26-27H. The summed E-state index contributed by atoms with van der Waals surface area (Å²) < 4.78 is 6.30. The topological polar surface area (TPSA) is 29.5 Å². The Kier molecular flexibility index (Phi) is 3.15. The fourth-order valence-electron chi connectivity index (χ4n) is 5.00. The van der Waals surface area contributed by atoms with Gasteiger partial charge in [0.2, 0.25) is 0 Å². The number of hydrogen-bond acceptors (Lipinski definition) is 2. The summed E-state index contributed by atoms with van der Waals surface area (Å²) in [6, 6.07) is 31.6. The molecule has 1 aliphatic carbocycles. The lowest BCUT2D eigenvalue weighted by atomic mass is 9.65. The maximum absolute atomic E-state index is 9.84. The van der Waals surface area contributed by atoms with Crippen molar-refractivity contribution in [3.05, 3.63) is 113 Å². The molecule has 0 saturated carbocycles. The van der Waals surface area contributed by atoms with Gasteiger partial charge in [0.25, 0.3) is 0 Å². The Hall–Kier alpha value is -3.30. The quantitative estimate of drug-likeness (QED) is 0.447. The Labute approximate surface area is 164 Å². The smallest absolute Gasteiger partial charge is 0.304 e. The van der Waals surface area contributed by atoms with Crippen molar-refractivity contribution in [2.75, 3.05) is 0 Å². The fraction of sp³-hybridized carbons (Fsp3) is 0.0400. The zero-order valence-corrected chi connectivity index (χ0v) is 15.2. The SMILES string of the molecule is OBc1ccc2c(c1)C1(c3ccccc3Oc3ccccc31)c1ccccc1-2. The molecule has 4 aromatic rings. The fourth-order valence-corrected chi connectivity index (χ4v) is 5.00. The van der Waals surface area contributed by atoms with Crippen molar-refractivity contribution in [2.24, 2.45) is 0 Å². The van der Waals surface area contributed by atoms with Crippen molar-refractivity contribution in [1.29, 1.82) is 0 Å². The van der Waals surface area contributed by atoms with E-state index in [9.17, 15) is 5.02 Å². The zero-order valence-electron chi connectivity index (χ0n) is 15.2. The molecule has 0 aromatic heterocycles. The number of rotatable bonds is 1. The normalized spacial score (nSPS) is 14.5. The Morgan fingerprint density at radius 2 is 1.18 bits per heavy atom. The van der Waals surface area contributed by atoms with E-state index in [0.29, 0.717) is 0 Å². The highest BCUT2D eigenvalue weighted by Gasteiger charge is 2.50. The molecule has 132 valence electrons. The summed E-state index contributed by atoms with van der Waals surface area (Å²) in [7, 11) is 0.0273. The first-order chi connectivity index (χ1) is 13.8. The average Bonchev–Trinajstić information content (AvgIpc) is 3.05. The van der Waals surface area contributed by atoms with Gasteiger partial charge in [0.05, 0.1) is 5.41 Å². The predicted octanol–water partition coefficient (Wildman–Crippen LogP) is 4.12. The van der Waals surface area contributed by atoms with E-state index in [1.165, 1.54) is 22.3 Å². The first-order valence-corrected chi connectivity index (χ1v) is 9.55. The molecule has 0 fully saturated rings. The molecule has 6 rings (SSSR count). The van der Waals surface area contributed by atoms with Gasteiger partial charge in [0.1, 0.15) is 11.5 Å². The van der Waals surface area contributed by atoms with E-state index >= 15 is 0 Å². The summed E-state index contributed by atoms with van der Waals surface area (Å²) in [5, 5.41) is 9.84. The van der Waals surface area contributed by atoms with Crippen LogP contribution < -0.4 is 10.2 Å². The monoisotopic (exact) mass is 360 g/mol. The molecule has 1 aliphatic heterocycles. The van der Waals surface area contributed by atoms with Gasteiger partial charge in [-0.3, -0.25) is 0 Å². The van der Waals surface area contributed by atoms with Gasteiger partial charge in [-0.15, -0.1) is 0 Å². The van der Waals surface area contributed by atoms with Gasteiger partial charge in [-0.2, -0.15) is 0 Å². The van der Waals surface area contributed by atoms with Crippen LogP contribution in [0.4, 0.5) is 0 Å². The third-order valence-electron chi connectivity index (χ3n) is 6.09. The van der Waals surface area contributed by atoms with Crippen LogP contribution in [0.2, 0.25) is 0 Å². The van der Waals surface area contributed by atoms with Crippen LogP contribution in [0.1, 0.15) is 22.3 Å². The first kappa shape index (κ1) is 15.7. The lowest BCUT2D eigenvalue weighted by Gasteiger charge is -2.39. The highest BCUT2D eigenvalue weighted by atomic mass is 16.5. The molecular formula is C25H17BO2. The lowest BCUT2D eigenvalue weighted by Crippen LogP contribution is -2.33. The molecule has 3 heteroatoms. The molecule has 0 amide bonds. The van der Waals surface area contributed by atoms with Gasteiger partial charge < -0.3 is 9.76 Å². The van der Waals surface area contributed by atoms with E-state index in [2.05, 4.69) is 60.7 Å². The summed E-state index contributed by atoms with van der Waals surface area (Å²) in [5.74, 6) is 1.77. The molecule has 2 aliphatic rings. The summed E-state index contributed by atoms with van der Waals surface area (Å²) in [6.07, 6.45) is 0. The first-order valence-electron chi connectivity index (χ1n) is 9.55. The van der Waals surface area contributed by atoms with E-state index in [0.717, 1.165) is 28.1 Å². The van der Waals surface area contributed by atoms with Crippen LogP contribution in [-0.2, 0) is 5.41 Å². The van der Waals surface area contributed by atoms with Crippen molar-refractivity contribution >= 4 is 12.9 Å². The maximum atomic E-state index is 9.84. The Bertz CT molecular complexity index is 1200. The number of fused-ring (bicyclic) bond motifs is 9. The van der Waals surface area contributed by atoms with Crippen LogP contribution in [0.3, 0.4) is 0 Å². The molecule has 0 saturated heterocycles. The van der Waals surface area contributed by atoms with Gasteiger partial charge in [0, 0.05) is 11.1 Å². The van der Waals surface area contributed by atoms with Gasteiger partial charge in [-0.05, 0) is 34.4 Å². The number of hydrogen-bond donors (Lipinski definition) is 1. The summed E-state index contributed by atoms with van der Waals surface area (Å²) >= 11 is 0. The van der Waals surface area contributed by atoms with Gasteiger partial charge in [-0.1, -0.05) is 84.3 Å². The van der Waals surface area contributed by atoms with Crippen molar-refractivity contribution in [3.63, 3.8) is 0 Å². The third kappa shape index (κ3) is 1.82. The third-order valence-corrected chi connectivity index (χ3v) is 6.09. The van der Waals surface area contributed by atoms with Crippen LogP contribution >= 0.6 is 0 Å².